The van der Waals surface area contributed by atoms with Gasteiger partial charge in [-0.15, -0.1) is 11.3 Å². The van der Waals surface area contributed by atoms with Crippen molar-refractivity contribution in [3.8, 4) is 11.4 Å². The van der Waals surface area contributed by atoms with Crippen molar-refractivity contribution in [3.63, 3.8) is 0 Å². The summed E-state index contributed by atoms with van der Waals surface area (Å²) in [4.78, 5) is 20.4. The van der Waals surface area contributed by atoms with Gasteiger partial charge in [-0.2, -0.15) is 4.98 Å². The number of halogens is 1. The zero-order valence-corrected chi connectivity index (χ0v) is 16.4. The van der Waals surface area contributed by atoms with Crippen LogP contribution in [-0.2, 0) is 0 Å². The number of thiazole rings is 1. The number of carbonyl (C=O) groups is 1. The number of nitrogens with zero attached hydrogens (tertiary/aromatic N) is 3. The molecule has 2 aromatic heterocycles. The van der Waals surface area contributed by atoms with Crippen molar-refractivity contribution >= 4 is 17.1 Å². The van der Waals surface area contributed by atoms with Crippen LogP contribution >= 0.6 is 11.3 Å². The normalized spacial score (nSPS) is 10.6. The molecule has 0 spiro atoms. The molecule has 0 aliphatic rings. The van der Waals surface area contributed by atoms with E-state index in [1.54, 1.807) is 12.1 Å². The lowest BCUT2D eigenvalue weighted by atomic mass is 10.2. The third kappa shape index (κ3) is 5.05. The smallest absolute Gasteiger partial charge is 0.229 e. The van der Waals surface area contributed by atoms with Crippen LogP contribution in [0.2, 0.25) is 0 Å². The van der Waals surface area contributed by atoms with Gasteiger partial charge in [0.1, 0.15) is 5.82 Å². The van der Waals surface area contributed by atoms with Crippen LogP contribution in [0.25, 0.3) is 11.4 Å². The monoisotopic (exact) mass is 375 g/mol. The molecule has 0 aliphatic carbocycles. The van der Waals surface area contributed by atoms with Gasteiger partial charge in [-0.1, -0.05) is 38.1 Å². The average Bonchev–Trinajstić information content (AvgIpc) is 3.21. The van der Waals surface area contributed by atoms with Crippen LogP contribution in [0.5, 0.6) is 0 Å². The summed E-state index contributed by atoms with van der Waals surface area (Å²) in [6.45, 7) is 9.60. The molecule has 5 nitrogen and oxygen atoms in total. The van der Waals surface area contributed by atoms with Crippen molar-refractivity contribution in [3.05, 3.63) is 51.6 Å². The summed E-state index contributed by atoms with van der Waals surface area (Å²) >= 11 is 1.49. The Morgan fingerprint density at radius 3 is 2.50 bits per heavy atom. The van der Waals surface area contributed by atoms with E-state index in [0.717, 1.165) is 15.6 Å². The summed E-state index contributed by atoms with van der Waals surface area (Å²) < 4.78 is 18.0. The molecule has 2 heterocycles. The first-order valence-corrected chi connectivity index (χ1v) is 9.20. The molecule has 138 valence electrons. The van der Waals surface area contributed by atoms with Gasteiger partial charge in [-0.05, 0) is 26.0 Å². The molecule has 0 N–H and O–H groups in total. The molecule has 3 rings (SSSR count). The largest absolute Gasteiger partial charge is 0.339 e. The number of aryl methyl sites for hydroxylation is 2. The zero-order chi connectivity index (χ0) is 19.3. The van der Waals surface area contributed by atoms with E-state index in [-0.39, 0.29) is 17.5 Å². The molecular formula is C19H22FN3O2S. The van der Waals surface area contributed by atoms with E-state index in [4.69, 9.17) is 4.52 Å². The van der Waals surface area contributed by atoms with Crippen LogP contribution in [0, 0.1) is 19.7 Å². The van der Waals surface area contributed by atoms with Crippen molar-refractivity contribution < 1.29 is 13.7 Å². The Morgan fingerprint density at radius 1 is 1.27 bits per heavy atom. The first kappa shape index (κ1) is 19.9. The van der Waals surface area contributed by atoms with Gasteiger partial charge in [0.05, 0.1) is 15.6 Å². The van der Waals surface area contributed by atoms with Gasteiger partial charge in [0.25, 0.3) is 0 Å². The number of benzene rings is 1. The molecule has 0 radical (unpaired) electrons. The van der Waals surface area contributed by atoms with Crippen molar-refractivity contribution in [1.82, 2.24) is 15.1 Å². The average molecular weight is 375 g/mol. The molecule has 7 heteroatoms. The second-order valence-corrected chi connectivity index (χ2v) is 7.25. The molecule has 0 saturated heterocycles. The lowest BCUT2D eigenvalue weighted by Crippen LogP contribution is -1.94. The van der Waals surface area contributed by atoms with Gasteiger partial charge >= 0.3 is 0 Å². The van der Waals surface area contributed by atoms with Gasteiger partial charge < -0.3 is 4.52 Å². The minimum atomic E-state index is -0.302. The Hall–Kier alpha value is -2.41. The zero-order valence-electron chi connectivity index (χ0n) is 15.5. The molecule has 3 aromatic rings. The minimum Gasteiger partial charge on any atom is -0.339 e. The maximum atomic E-state index is 12.9. The predicted molar refractivity (Wildman–Crippen MR) is 100.0 cm³/mol. The third-order valence-corrected chi connectivity index (χ3v) is 4.61. The van der Waals surface area contributed by atoms with E-state index < -0.39 is 0 Å². The fourth-order valence-electron chi connectivity index (χ4n) is 2.17. The van der Waals surface area contributed by atoms with Crippen LogP contribution in [0.3, 0.4) is 0 Å². The minimum absolute atomic E-state index is 0.180. The van der Waals surface area contributed by atoms with E-state index in [0.29, 0.717) is 23.7 Å². The molecule has 0 aliphatic heterocycles. The van der Waals surface area contributed by atoms with Crippen LogP contribution in [0.1, 0.15) is 59.4 Å². The summed E-state index contributed by atoms with van der Waals surface area (Å²) in [7, 11) is 0. The summed E-state index contributed by atoms with van der Waals surface area (Å²) in [5.74, 6) is 1.07. The number of aromatic nitrogens is 3. The second kappa shape index (κ2) is 8.80. The first-order valence-electron chi connectivity index (χ1n) is 8.38. The lowest BCUT2D eigenvalue weighted by Gasteiger charge is -1.94. The lowest BCUT2D eigenvalue weighted by molar-refractivity contribution is 0.0991. The molecule has 0 fully saturated rings. The predicted octanol–water partition coefficient (Wildman–Crippen LogP) is 5.35. The van der Waals surface area contributed by atoms with Gasteiger partial charge in [0.2, 0.25) is 11.7 Å². The van der Waals surface area contributed by atoms with Gasteiger partial charge in [-0.25, -0.2) is 9.37 Å². The second-order valence-electron chi connectivity index (χ2n) is 6.05. The summed E-state index contributed by atoms with van der Waals surface area (Å²) in [6.07, 6.45) is 0.572. The summed E-state index contributed by atoms with van der Waals surface area (Å²) in [5.41, 5.74) is 1.50. The third-order valence-electron chi connectivity index (χ3n) is 3.50. The molecule has 0 atom stereocenters. The Labute approximate surface area is 156 Å². The molecule has 26 heavy (non-hydrogen) atoms. The van der Waals surface area contributed by atoms with Crippen molar-refractivity contribution in [2.75, 3.05) is 0 Å². The standard InChI is InChI=1S/C11H11FN2O.C8H11NOS/c1-7(2)11-13-10(14-15-11)8-4-3-5-9(12)6-8;1-4-7(10)8-5(2)9-6(3)11-8/h3-7H,1-2H3;4H2,1-3H3. The Balaban J connectivity index is 0.000000197. The maximum Gasteiger partial charge on any atom is 0.229 e. The molecule has 0 unspecified atom stereocenters. The van der Waals surface area contributed by atoms with E-state index in [9.17, 15) is 9.18 Å². The molecule has 0 bridgehead atoms. The topological polar surface area (TPSA) is 68.9 Å². The van der Waals surface area contributed by atoms with E-state index >= 15 is 0 Å². The number of hydrogen-bond acceptors (Lipinski definition) is 6. The number of rotatable bonds is 4. The number of ketones is 1. The Bertz CT molecular complexity index is 887. The SMILES string of the molecule is CC(C)c1nc(-c2cccc(F)c2)no1.CCC(=O)c1sc(C)nc1C. The van der Waals surface area contributed by atoms with E-state index in [1.807, 2.05) is 34.6 Å². The van der Waals surface area contributed by atoms with Crippen LogP contribution in [0.4, 0.5) is 4.39 Å². The number of hydrogen-bond donors (Lipinski definition) is 0. The van der Waals surface area contributed by atoms with Crippen LogP contribution in [-0.4, -0.2) is 20.9 Å². The number of Topliss-reactive ketones (excluding diaryl/α,β-unsaturated/α-hetero) is 1. The fraction of sp³-hybridized carbons (Fsp3) is 0.368. The van der Waals surface area contributed by atoms with Crippen molar-refractivity contribution in [1.29, 1.82) is 0 Å². The molecule has 0 saturated carbocycles. The van der Waals surface area contributed by atoms with Crippen molar-refractivity contribution in [2.45, 2.75) is 47.0 Å². The van der Waals surface area contributed by atoms with Crippen LogP contribution < -0.4 is 0 Å². The highest BCUT2D eigenvalue weighted by Crippen LogP contribution is 2.20. The quantitative estimate of drug-likeness (QED) is 0.575. The van der Waals surface area contributed by atoms with Gasteiger partial charge in [-0.3, -0.25) is 4.79 Å². The van der Waals surface area contributed by atoms with Crippen molar-refractivity contribution in [2.24, 2.45) is 0 Å². The van der Waals surface area contributed by atoms with Crippen LogP contribution in [0.15, 0.2) is 28.8 Å². The highest BCUT2D eigenvalue weighted by molar-refractivity contribution is 7.13. The Morgan fingerprint density at radius 2 is 2.00 bits per heavy atom. The van der Waals surface area contributed by atoms with Gasteiger partial charge in [0.15, 0.2) is 5.78 Å². The highest BCUT2D eigenvalue weighted by Gasteiger charge is 2.12. The molecular weight excluding hydrogens is 353 g/mol. The molecule has 1 aromatic carbocycles. The van der Waals surface area contributed by atoms with E-state index in [1.165, 1.54) is 23.5 Å². The number of carbonyl (C=O) groups excluding carboxylic acids is 1. The van der Waals surface area contributed by atoms with Gasteiger partial charge in [0, 0.05) is 17.9 Å². The van der Waals surface area contributed by atoms with E-state index in [2.05, 4.69) is 15.1 Å². The summed E-state index contributed by atoms with van der Waals surface area (Å²) in [5, 5.41) is 4.77. The Kier molecular flexibility index (Phi) is 6.74. The maximum absolute atomic E-state index is 12.9. The molecule has 0 amide bonds. The highest BCUT2D eigenvalue weighted by atomic mass is 32.1. The first-order chi connectivity index (χ1) is 12.3. The fourth-order valence-corrected chi connectivity index (χ4v) is 3.09. The summed E-state index contributed by atoms with van der Waals surface area (Å²) in [6, 6.07) is 6.13.